The fourth-order valence-electron chi connectivity index (χ4n) is 2.45. The Hall–Kier alpha value is -0.440. The first-order valence-corrected chi connectivity index (χ1v) is 8.02. The predicted molar refractivity (Wildman–Crippen MR) is 78.9 cm³/mol. The van der Waals surface area contributed by atoms with Crippen LogP contribution in [0.4, 0.5) is 0 Å². The van der Waals surface area contributed by atoms with Gasteiger partial charge in [-0.25, -0.2) is 0 Å². The number of hydrogen-bond donors (Lipinski definition) is 1. The van der Waals surface area contributed by atoms with E-state index < -0.39 is 0 Å². The van der Waals surface area contributed by atoms with E-state index in [0.717, 1.165) is 12.8 Å². The van der Waals surface area contributed by atoms with E-state index in [9.17, 15) is 9.90 Å². The van der Waals surface area contributed by atoms with E-state index in [1.807, 2.05) is 13.8 Å². The summed E-state index contributed by atoms with van der Waals surface area (Å²) in [4.78, 5) is 11.8. The average molecular weight is 270 g/mol. The first kappa shape index (κ1) is 15.6. The molecule has 0 bridgehead atoms. The van der Waals surface area contributed by atoms with Crippen molar-refractivity contribution >= 4 is 16.9 Å². The second kappa shape index (κ2) is 7.22. The Bertz CT molecular complexity index is 322. The van der Waals surface area contributed by atoms with E-state index in [2.05, 4.69) is 6.92 Å². The SMILES string of the molecule is CCCCCCCCC1(C)SC(=O)C(CC)=C1O. The molecule has 3 heteroatoms. The van der Waals surface area contributed by atoms with Crippen LogP contribution in [-0.2, 0) is 4.79 Å². The Morgan fingerprint density at radius 2 is 1.72 bits per heavy atom. The zero-order chi connectivity index (χ0) is 13.6. The molecule has 0 aromatic heterocycles. The molecule has 0 fully saturated rings. The normalized spacial score (nSPS) is 24.1. The third kappa shape index (κ3) is 3.78. The highest BCUT2D eigenvalue weighted by Gasteiger charge is 2.41. The van der Waals surface area contributed by atoms with E-state index in [1.54, 1.807) is 0 Å². The predicted octanol–water partition coefficient (Wildman–Crippen LogP) is 4.99. The van der Waals surface area contributed by atoms with Gasteiger partial charge in [0.15, 0.2) is 0 Å². The lowest BCUT2D eigenvalue weighted by atomic mass is 9.96. The summed E-state index contributed by atoms with van der Waals surface area (Å²) in [5.41, 5.74) is 0.633. The van der Waals surface area contributed by atoms with Gasteiger partial charge in [-0.3, -0.25) is 4.79 Å². The van der Waals surface area contributed by atoms with E-state index in [1.165, 1.54) is 43.9 Å². The van der Waals surface area contributed by atoms with Crippen LogP contribution in [0.5, 0.6) is 0 Å². The van der Waals surface area contributed by atoms with Gasteiger partial charge in [-0.2, -0.15) is 0 Å². The fourth-order valence-corrected chi connectivity index (χ4v) is 3.69. The highest BCUT2D eigenvalue weighted by atomic mass is 32.2. The van der Waals surface area contributed by atoms with Gasteiger partial charge in [-0.05, 0) is 19.8 Å². The molecule has 0 amide bonds. The first-order valence-electron chi connectivity index (χ1n) is 7.21. The van der Waals surface area contributed by atoms with Crippen LogP contribution in [0.3, 0.4) is 0 Å². The van der Waals surface area contributed by atoms with Gasteiger partial charge < -0.3 is 5.11 Å². The first-order chi connectivity index (χ1) is 8.55. The largest absolute Gasteiger partial charge is 0.510 e. The molecule has 1 heterocycles. The van der Waals surface area contributed by atoms with Crippen molar-refractivity contribution in [1.82, 2.24) is 0 Å². The lowest BCUT2D eigenvalue weighted by Gasteiger charge is -2.22. The number of thioether (sulfide) groups is 1. The van der Waals surface area contributed by atoms with Crippen LogP contribution in [0.1, 0.15) is 72.1 Å². The van der Waals surface area contributed by atoms with Gasteiger partial charge in [-0.1, -0.05) is 64.1 Å². The third-order valence-electron chi connectivity index (χ3n) is 3.71. The molecule has 104 valence electrons. The molecule has 1 aliphatic heterocycles. The molecule has 0 spiro atoms. The standard InChI is InChI=1S/C15H26O2S/c1-4-6-7-8-9-10-11-15(3)13(16)12(5-2)14(17)18-15/h16H,4-11H2,1-3H3. The van der Waals surface area contributed by atoms with Crippen molar-refractivity contribution in [2.45, 2.75) is 76.9 Å². The van der Waals surface area contributed by atoms with Crippen LogP contribution in [0.25, 0.3) is 0 Å². The quantitative estimate of drug-likeness (QED) is 0.631. The number of aliphatic hydroxyl groups excluding tert-OH is 1. The third-order valence-corrected chi connectivity index (χ3v) is 4.99. The average Bonchev–Trinajstić information content (AvgIpc) is 2.55. The minimum absolute atomic E-state index is 0.0727. The van der Waals surface area contributed by atoms with Crippen LogP contribution in [-0.4, -0.2) is 15.0 Å². The molecule has 0 aromatic rings. The summed E-state index contributed by atoms with van der Waals surface area (Å²) in [6.07, 6.45) is 9.02. The van der Waals surface area contributed by atoms with Crippen LogP contribution in [0.2, 0.25) is 0 Å². The summed E-state index contributed by atoms with van der Waals surface area (Å²) in [7, 11) is 0. The number of hydrogen-bond acceptors (Lipinski definition) is 3. The molecule has 0 radical (unpaired) electrons. The Labute approximate surface area is 115 Å². The summed E-state index contributed by atoms with van der Waals surface area (Å²) < 4.78 is -0.354. The molecule has 1 N–H and O–H groups in total. The van der Waals surface area contributed by atoms with E-state index in [4.69, 9.17) is 0 Å². The van der Waals surface area contributed by atoms with Crippen molar-refractivity contribution in [3.8, 4) is 0 Å². The zero-order valence-corrected chi connectivity index (χ0v) is 12.7. The smallest absolute Gasteiger partial charge is 0.219 e. The highest BCUT2D eigenvalue weighted by molar-refractivity contribution is 8.15. The van der Waals surface area contributed by atoms with Crippen molar-refractivity contribution in [3.63, 3.8) is 0 Å². The minimum atomic E-state index is -0.354. The summed E-state index contributed by atoms with van der Waals surface area (Å²) in [5.74, 6) is 0.341. The maximum atomic E-state index is 11.8. The molecule has 0 saturated heterocycles. The number of carbonyl (C=O) groups is 1. The van der Waals surface area contributed by atoms with Crippen molar-refractivity contribution in [3.05, 3.63) is 11.3 Å². The second-order valence-electron chi connectivity index (χ2n) is 5.32. The van der Waals surface area contributed by atoms with Crippen LogP contribution in [0, 0.1) is 0 Å². The molecule has 1 aliphatic rings. The Balaban J connectivity index is 2.38. The van der Waals surface area contributed by atoms with Crippen LogP contribution >= 0.6 is 11.8 Å². The molecule has 0 saturated carbocycles. The number of carbonyl (C=O) groups excluding carboxylic acids is 1. The lowest BCUT2D eigenvalue weighted by Crippen LogP contribution is -2.20. The number of aliphatic hydroxyl groups is 1. The van der Waals surface area contributed by atoms with Gasteiger partial charge in [-0.15, -0.1) is 0 Å². The molecule has 2 nitrogen and oxygen atoms in total. The monoisotopic (exact) mass is 270 g/mol. The topological polar surface area (TPSA) is 37.3 Å². The summed E-state index contributed by atoms with van der Waals surface area (Å²) in [5, 5.41) is 10.2. The number of rotatable bonds is 8. The Morgan fingerprint density at radius 3 is 2.28 bits per heavy atom. The highest BCUT2D eigenvalue weighted by Crippen LogP contribution is 2.46. The Kier molecular flexibility index (Phi) is 6.27. The lowest BCUT2D eigenvalue weighted by molar-refractivity contribution is -0.107. The van der Waals surface area contributed by atoms with Gasteiger partial charge >= 0.3 is 0 Å². The van der Waals surface area contributed by atoms with E-state index in [-0.39, 0.29) is 9.86 Å². The maximum absolute atomic E-state index is 11.8. The van der Waals surface area contributed by atoms with Gasteiger partial charge in [0.2, 0.25) is 5.12 Å². The molecule has 0 aromatic carbocycles. The van der Waals surface area contributed by atoms with Gasteiger partial charge in [0.25, 0.3) is 0 Å². The van der Waals surface area contributed by atoms with Gasteiger partial charge in [0.1, 0.15) is 5.76 Å². The Morgan fingerprint density at radius 1 is 1.11 bits per heavy atom. The molecule has 1 atom stereocenters. The molecule has 1 unspecified atom stereocenters. The molecule has 1 rings (SSSR count). The summed E-state index contributed by atoms with van der Waals surface area (Å²) in [6, 6.07) is 0. The minimum Gasteiger partial charge on any atom is -0.510 e. The number of unbranched alkanes of at least 4 members (excludes halogenated alkanes) is 5. The van der Waals surface area contributed by atoms with E-state index >= 15 is 0 Å². The van der Waals surface area contributed by atoms with Crippen molar-refractivity contribution in [1.29, 1.82) is 0 Å². The summed E-state index contributed by atoms with van der Waals surface area (Å²) in [6.45, 7) is 6.15. The summed E-state index contributed by atoms with van der Waals surface area (Å²) >= 11 is 1.31. The van der Waals surface area contributed by atoms with Crippen molar-refractivity contribution in [2.75, 3.05) is 0 Å². The molecular weight excluding hydrogens is 244 g/mol. The van der Waals surface area contributed by atoms with E-state index in [0.29, 0.717) is 17.8 Å². The maximum Gasteiger partial charge on any atom is 0.219 e. The second-order valence-corrected chi connectivity index (χ2v) is 6.79. The van der Waals surface area contributed by atoms with Crippen LogP contribution < -0.4 is 0 Å². The fraction of sp³-hybridized carbons (Fsp3) is 0.800. The molecule has 0 aliphatic carbocycles. The zero-order valence-electron chi connectivity index (χ0n) is 11.9. The van der Waals surface area contributed by atoms with Gasteiger partial charge in [0, 0.05) is 5.57 Å². The van der Waals surface area contributed by atoms with Crippen molar-refractivity contribution in [2.24, 2.45) is 0 Å². The van der Waals surface area contributed by atoms with Gasteiger partial charge in [0.05, 0.1) is 4.75 Å². The molecule has 18 heavy (non-hydrogen) atoms. The van der Waals surface area contributed by atoms with Crippen molar-refractivity contribution < 1.29 is 9.90 Å². The molecular formula is C15H26O2S. The van der Waals surface area contributed by atoms with Crippen LogP contribution in [0.15, 0.2) is 11.3 Å².